The molecule has 34 heavy (non-hydrogen) atoms. The monoisotopic (exact) mass is 532 g/mol. The maximum absolute atomic E-state index is 12.5. The molecule has 1 amide bonds. The summed E-state index contributed by atoms with van der Waals surface area (Å²) in [4.78, 5) is 24.8. The standard InChI is InChI=1S/C24H15Cl3N2O4S/c25-15-7-10-19(18(26)11-15)32-13-21(30)29-28-12-14-5-8-16(9-6-14)33-24(31)23-22(27)17-3-1-2-4-20(17)34-23/h1-12H,13H2,(H,29,30). The Bertz CT molecular complexity index is 1390. The van der Waals surface area contributed by atoms with Gasteiger partial charge >= 0.3 is 5.97 Å². The summed E-state index contributed by atoms with van der Waals surface area (Å²) < 4.78 is 11.7. The van der Waals surface area contributed by atoms with Crippen LogP contribution in [0.4, 0.5) is 0 Å². The maximum atomic E-state index is 12.5. The van der Waals surface area contributed by atoms with Crippen molar-refractivity contribution in [1.82, 2.24) is 5.43 Å². The number of esters is 1. The number of hydrogen-bond acceptors (Lipinski definition) is 6. The predicted molar refractivity (Wildman–Crippen MR) is 136 cm³/mol. The highest BCUT2D eigenvalue weighted by Gasteiger charge is 2.18. The number of carbonyl (C=O) groups excluding carboxylic acids is 2. The van der Waals surface area contributed by atoms with Gasteiger partial charge in [-0.1, -0.05) is 53.0 Å². The van der Waals surface area contributed by atoms with Gasteiger partial charge in [-0.15, -0.1) is 11.3 Å². The second-order valence-electron chi connectivity index (χ2n) is 6.86. The number of nitrogens with one attached hydrogen (secondary N) is 1. The van der Waals surface area contributed by atoms with Crippen LogP contribution in [0.1, 0.15) is 15.2 Å². The molecule has 172 valence electrons. The average Bonchev–Trinajstić information content (AvgIpc) is 3.16. The highest BCUT2D eigenvalue weighted by atomic mass is 35.5. The smallest absolute Gasteiger partial charge is 0.355 e. The number of benzene rings is 3. The van der Waals surface area contributed by atoms with Gasteiger partial charge in [-0.25, -0.2) is 10.2 Å². The Kier molecular flexibility index (Phi) is 7.70. The number of rotatable bonds is 7. The molecule has 1 aromatic heterocycles. The lowest BCUT2D eigenvalue weighted by atomic mass is 10.2. The van der Waals surface area contributed by atoms with E-state index in [0.717, 1.165) is 10.1 Å². The van der Waals surface area contributed by atoms with Gasteiger partial charge in [-0.3, -0.25) is 4.79 Å². The molecule has 0 radical (unpaired) electrons. The molecule has 1 N–H and O–H groups in total. The van der Waals surface area contributed by atoms with Crippen molar-refractivity contribution in [3.8, 4) is 11.5 Å². The third-order valence-electron chi connectivity index (χ3n) is 4.47. The SMILES string of the molecule is O=C(COc1ccc(Cl)cc1Cl)NN=Cc1ccc(OC(=O)c2sc3ccccc3c2Cl)cc1. The Morgan fingerprint density at radius 3 is 2.50 bits per heavy atom. The fourth-order valence-electron chi connectivity index (χ4n) is 2.87. The minimum Gasteiger partial charge on any atom is -0.482 e. The average molecular weight is 534 g/mol. The van der Waals surface area contributed by atoms with Crippen LogP contribution in [0.15, 0.2) is 71.8 Å². The summed E-state index contributed by atoms with van der Waals surface area (Å²) in [6.07, 6.45) is 1.45. The number of ether oxygens (including phenoxy) is 2. The Labute approximate surface area is 213 Å². The lowest BCUT2D eigenvalue weighted by molar-refractivity contribution is -0.123. The van der Waals surface area contributed by atoms with E-state index in [-0.39, 0.29) is 6.61 Å². The summed E-state index contributed by atoms with van der Waals surface area (Å²) in [5.41, 5.74) is 3.04. The summed E-state index contributed by atoms with van der Waals surface area (Å²) in [6, 6.07) is 18.8. The molecule has 0 aliphatic rings. The molecule has 4 rings (SSSR count). The quantitative estimate of drug-likeness (QED) is 0.125. The van der Waals surface area contributed by atoms with E-state index in [0.29, 0.717) is 37.0 Å². The van der Waals surface area contributed by atoms with Gasteiger partial charge in [0.15, 0.2) is 6.61 Å². The van der Waals surface area contributed by atoms with Crippen LogP contribution in [0.25, 0.3) is 10.1 Å². The van der Waals surface area contributed by atoms with Crippen molar-refractivity contribution in [2.75, 3.05) is 6.61 Å². The molecule has 0 unspecified atom stereocenters. The summed E-state index contributed by atoms with van der Waals surface area (Å²) >= 11 is 19.4. The Morgan fingerprint density at radius 2 is 1.76 bits per heavy atom. The van der Waals surface area contributed by atoms with Crippen LogP contribution in [0.2, 0.25) is 15.1 Å². The van der Waals surface area contributed by atoms with Crippen LogP contribution < -0.4 is 14.9 Å². The van der Waals surface area contributed by atoms with E-state index in [1.54, 1.807) is 36.4 Å². The van der Waals surface area contributed by atoms with Crippen molar-refractivity contribution in [1.29, 1.82) is 0 Å². The van der Waals surface area contributed by atoms with Crippen molar-refractivity contribution < 1.29 is 19.1 Å². The van der Waals surface area contributed by atoms with Gasteiger partial charge in [0.1, 0.15) is 16.4 Å². The third kappa shape index (κ3) is 5.87. The molecule has 0 spiro atoms. The normalized spacial score (nSPS) is 11.0. The molecule has 0 atom stereocenters. The van der Waals surface area contributed by atoms with Crippen molar-refractivity contribution >= 4 is 74.3 Å². The largest absolute Gasteiger partial charge is 0.482 e. The minimum atomic E-state index is -0.527. The summed E-state index contributed by atoms with van der Waals surface area (Å²) in [5, 5.41) is 5.85. The Hall–Kier alpha value is -3.10. The molecule has 0 aliphatic carbocycles. The zero-order chi connectivity index (χ0) is 24.1. The first kappa shape index (κ1) is 24.0. The summed E-state index contributed by atoms with van der Waals surface area (Å²) in [6.45, 7) is -0.270. The molecular formula is C24H15Cl3N2O4S. The highest BCUT2D eigenvalue weighted by molar-refractivity contribution is 7.21. The highest BCUT2D eigenvalue weighted by Crippen LogP contribution is 2.35. The number of carbonyl (C=O) groups is 2. The molecule has 6 nitrogen and oxygen atoms in total. The molecule has 0 saturated carbocycles. The fourth-order valence-corrected chi connectivity index (χ4v) is 4.72. The number of hydrazone groups is 1. The topological polar surface area (TPSA) is 77.0 Å². The third-order valence-corrected chi connectivity index (χ3v) is 6.65. The minimum absolute atomic E-state index is 0.270. The van der Waals surface area contributed by atoms with Gasteiger partial charge < -0.3 is 9.47 Å². The van der Waals surface area contributed by atoms with Gasteiger partial charge in [0, 0.05) is 15.1 Å². The first-order valence-corrected chi connectivity index (χ1v) is 11.7. The maximum Gasteiger partial charge on any atom is 0.355 e. The number of amides is 1. The number of hydrogen-bond donors (Lipinski definition) is 1. The van der Waals surface area contributed by atoms with E-state index in [9.17, 15) is 9.59 Å². The van der Waals surface area contributed by atoms with Crippen LogP contribution in [-0.4, -0.2) is 24.7 Å². The van der Waals surface area contributed by atoms with Crippen molar-refractivity contribution in [2.24, 2.45) is 5.10 Å². The number of halogens is 3. The second kappa shape index (κ2) is 10.9. The van der Waals surface area contributed by atoms with E-state index < -0.39 is 11.9 Å². The van der Waals surface area contributed by atoms with E-state index >= 15 is 0 Å². The molecule has 0 bridgehead atoms. The van der Waals surface area contributed by atoms with Gasteiger partial charge in [-0.05, 0) is 54.1 Å². The van der Waals surface area contributed by atoms with Crippen LogP contribution in [0.3, 0.4) is 0 Å². The number of fused-ring (bicyclic) bond motifs is 1. The molecule has 1 heterocycles. The first-order chi connectivity index (χ1) is 16.4. The van der Waals surface area contributed by atoms with Gasteiger partial charge in [0.25, 0.3) is 5.91 Å². The summed E-state index contributed by atoms with van der Waals surface area (Å²) in [5.74, 6) is -0.297. The molecule has 0 fully saturated rings. The predicted octanol–water partition coefficient (Wildman–Crippen LogP) is 6.61. The van der Waals surface area contributed by atoms with E-state index in [1.807, 2.05) is 24.3 Å². The molecule has 0 saturated heterocycles. The molecular weight excluding hydrogens is 519 g/mol. The first-order valence-electron chi connectivity index (χ1n) is 9.80. The summed E-state index contributed by atoms with van der Waals surface area (Å²) in [7, 11) is 0. The van der Waals surface area contributed by atoms with Crippen molar-refractivity contribution in [3.05, 3.63) is 92.2 Å². The molecule has 4 aromatic rings. The van der Waals surface area contributed by atoms with Crippen molar-refractivity contribution in [3.63, 3.8) is 0 Å². The van der Waals surface area contributed by atoms with Crippen LogP contribution in [0.5, 0.6) is 11.5 Å². The van der Waals surface area contributed by atoms with Crippen LogP contribution >= 0.6 is 46.1 Å². The number of nitrogens with zero attached hydrogens (tertiary/aromatic N) is 1. The van der Waals surface area contributed by atoms with E-state index in [4.69, 9.17) is 44.3 Å². The van der Waals surface area contributed by atoms with E-state index in [1.165, 1.54) is 23.6 Å². The van der Waals surface area contributed by atoms with Crippen LogP contribution in [0, 0.1) is 0 Å². The zero-order valence-electron chi connectivity index (χ0n) is 17.3. The van der Waals surface area contributed by atoms with E-state index in [2.05, 4.69) is 10.5 Å². The van der Waals surface area contributed by atoms with Crippen LogP contribution in [-0.2, 0) is 4.79 Å². The van der Waals surface area contributed by atoms with Gasteiger partial charge in [-0.2, -0.15) is 5.10 Å². The lowest BCUT2D eigenvalue weighted by Gasteiger charge is -2.07. The lowest BCUT2D eigenvalue weighted by Crippen LogP contribution is -2.24. The molecule has 0 aliphatic heterocycles. The second-order valence-corrected chi connectivity index (χ2v) is 9.13. The Morgan fingerprint density at radius 1 is 1.00 bits per heavy atom. The van der Waals surface area contributed by atoms with Gasteiger partial charge in [0.2, 0.25) is 0 Å². The van der Waals surface area contributed by atoms with Gasteiger partial charge in [0.05, 0.1) is 16.3 Å². The fraction of sp³-hybridized carbons (Fsp3) is 0.0417. The zero-order valence-corrected chi connectivity index (χ0v) is 20.3. The molecule has 10 heteroatoms. The Balaban J connectivity index is 1.29. The molecule has 3 aromatic carbocycles. The number of thiophene rings is 1. The van der Waals surface area contributed by atoms with Crippen molar-refractivity contribution in [2.45, 2.75) is 0 Å².